The van der Waals surface area contributed by atoms with Crippen molar-refractivity contribution < 1.29 is 10.2 Å². The molecule has 0 atom stereocenters. The van der Waals surface area contributed by atoms with Crippen molar-refractivity contribution in [3.8, 4) is 11.5 Å². The van der Waals surface area contributed by atoms with Crippen LogP contribution >= 0.6 is 27.7 Å². The van der Waals surface area contributed by atoms with Gasteiger partial charge < -0.3 is 10.2 Å². The molecule has 1 aliphatic heterocycles. The number of hydrogen-bond donors (Lipinski definition) is 2. The van der Waals surface area contributed by atoms with Crippen molar-refractivity contribution in [2.45, 2.75) is 19.4 Å². The van der Waals surface area contributed by atoms with Gasteiger partial charge in [0.25, 0.3) is 0 Å². The van der Waals surface area contributed by atoms with Gasteiger partial charge in [-0.15, -0.1) is 0 Å². The average Bonchev–Trinajstić information content (AvgIpc) is 2.36. The number of phenols is 2. The van der Waals surface area contributed by atoms with Gasteiger partial charge in [0, 0.05) is 29.2 Å². The highest BCUT2D eigenvalue weighted by atomic mass is 79.9. The highest BCUT2D eigenvalue weighted by Crippen LogP contribution is 2.40. The standard InChI is InChI=1S/C10H11BrClNO2/c11-13-3-1-2-7-6(5-13)4-8(14)10(15)9(7)12/h4,14-15H,1-3,5H2. The van der Waals surface area contributed by atoms with Gasteiger partial charge in [0.15, 0.2) is 11.5 Å². The lowest BCUT2D eigenvalue weighted by Gasteiger charge is -2.13. The number of halogens is 2. The first-order valence-corrected chi connectivity index (χ1v) is 5.81. The Morgan fingerprint density at radius 1 is 1.40 bits per heavy atom. The molecule has 0 fully saturated rings. The maximum absolute atomic E-state index is 9.51. The zero-order valence-corrected chi connectivity index (χ0v) is 10.3. The topological polar surface area (TPSA) is 43.7 Å². The molecule has 1 heterocycles. The molecule has 0 aromatic heterocycles. The van der Waals surface area contributed by atoms with Crippen LogP contribution < -0.4 is 0 Å². The molecule has 0 unspecified atom stereocenters. The maximum Gasteiger partial charge on any atom is 0.176 e. The Balaban J connectivity index is 2.52. The smallest absolute Gasteiger partial charge is 0.176 e. The van der Waals surface area contributed by atoms with Gasteiger partial charge in [-0.2, -0.15) is 0 Å². The number of phenolic OH excluding ortho intramolecular Hbond substituents is 2. The second-order valence-electron chi connectivity index (χ2n) is 3.64. The summed E-state index contributed by atoms with van der Waals surface area (Å²) in [6, 6.07) is 1.58. The first kappa shape index (κ1) is 11.0. The number of fused-ring (bicyclic) bond motifs is 1. The second-order valence-corrected chi connectivity index (χ2v) is 5.02. The minimum absolute atomic E-state index is 0.151. The normalized spacial score (nSPS) is 17.2. The Morgan fingerprint density at radius 2 is 2.13 bits per heavy atom. The van der Waals surface area contributed by atoms with Gasteiger partial charge in [0.2, 0.25) is 0 Å². The Labute approximate surface area is 102 Å². The fraction of sp³-hybridized carbons (Fsp3) is 0.400. The molecular formula is C10H11BrClNO2. The van der Waals surface area contributed by atoms with E-state index in [0.717, 1.165) is 30.5 Å². The lowest BCUT2D eigenvalue weighted by molar-refractivity contribution is 0.402. The predicted molar refractivity (Wildman–Crippen MR) is 62.4 cm³/mol. The summed E-state index contributed by atoms with van der Waals surface area (Å²) in [7, 11) is 0. The molecule has 0 saturated heterocycles. The third-order valence-corrected chi connectivity index (χ3v) is 3.60. The van der Waals surface area contributed by atoms with E-state index < -0.39 is 0 Å². The molecule has 1 aromatic rings. The average molecular weight is 293 g/mol. The van der Waals surface area contributed by atoms with Gasteiger partial charge in [-0.05, 0) is 30.0 Å². The predicted octanol–water partition coefficient (Wildman–Crippen LogP) is 2.81. The molecule has 2 rings (SSSR count). The molecule has 5 heteroatoms. The van der Waals surface area contributed by atoms with Crippen molar-refractivity contribution in [3.63, 3.8) is 0 Å². The Hall–Kier alpha value is -0.450. The summed E-state index contributed by atoms with van der Waals surface area (Å²) >= 11 is 9.41. The molecule has 0 amide bonds. The lowest BCUT2D eigenvalue weighted by atomic mass is 10.0. The maximum atomic E-state index is 9.51. The molecule has 1 aliphatic rings. The van der Waals surface area contributed by atoms with Crippen LogP contribution in [0.5, 0.6) is 11.5 Å². The zero-order valence-electron chi connectivity index (χ0n) is 8.00. The van der Waals surface area contributed by atoms with Crippen molar-refractivity contribution >= 4 is 27.7 Å². The third kappa shape index (κ3) is 2.07. The molecular weight excluding hydrogens is 281 g/mol. The molecule has 1 aromatic carbocycles. The molecule has 2 N–H and O–H groups in total. The fourth-order valence-corrected chi connectivity index (χ4v) is 2.65. The molecule has 3 nitrogen and oxygen atoms in total. The molecule has 0 saturated carbocycles. The van der Waals surface area contributed by atoms with Crippen LogP contribution in [0.3, 0.4) is 0 Å². The van der Waals surface area contributed by atoms with Gasteiger partial charge in [-0.3, -0.25) is 0 Å². The van der Waals surface area contributed by atoms with Crippen molar-refractivity contribution in [3.05, 3.63) is 22.2 Å². The summed E-state index contributed by atoms with van der Waals surface area (Å²) in [5, 5.41) is 19.3. The number of benzene rings is 1. The van der Waals surface area contributed by atoms with E-state index in [1.807, 2.05) is 3.93 Å². The fourth-order valence-electron chi connectivity index (χ4n) is 1.82. The van der Waals surface area contributed by atoms with E-state index >= 15 is 0 Å². The summed E-state index contributed by atoms with van der Waals surface area (Å²) in [6.45, 7) is 1.61. The van der Waals surface area contributed by atoms with Crippen molar-refractivity contribution in [2.24, 2.45) is 0 Å². The van der Waals surface area contributed by atoms with Gasteiger partial charge >= 0.3 is 0 Å². The minimum atomic E-state index is -0.210. The van der Waals surface area contributed by atoms with Gasteiger partial charge in [-0.1, -0.05) is 11.6 Å². The van der Waals surface area contributed by atoms with Crippen LogP contribution in [0.2, 0.25) is 5.02 Å². The quantitative estimate of drug-likeness (QED) is 0.571. The Morgan fingerprint density at radius 3 is 2.87 bits per heavy atom. The van der Waals surface area contributed by atoms with Crippen LogP contribution in [0.4, 0.5) is 0 Å². The zero-order chi connectivity index (χ0) is 11.0. The van der Waals surface area contributed by atoms with Crippen molar-refractivity contribution in [1.82, 2.24) is 3.93 Å². The largest absolute Gasteiger partial charge is 0.504 e. The first-order valence-electron chi connectivity index (χ1n) is 4.72. The summed E-state index contributed by atoms with van der Waals surface area (Å²) < 4.78 is 1.99. The van der Waals surface area contributed by atoms with Crippen LogP contribution in [0.1, 0.15) is 17.5 Å². The molecule has 0 bridgehead atoms. The van der Waals surface area contributed by atoms with Crippen LogP contribution in [-0.4, -0.2) is 20.7 Å². The third-order valence-electron chi connectivity index (χ3n) is 2.58. The molecule has 0 aliphatic carbocycles. The molecule has 0 spiro atoms. The van der Waals surface area contributed by atoms with Crippen LogP contribution in [0, 0.1) is 0 Å². The van der Waals surface area contributed by atoms with Gasteiger partial charge in [0.05, 0.1) is 5.02 Å². The van der Waals surface area contributed by atoms with Gasteiger partial charge in [-0.25, -0.2) is 3.93 Å². The highest BCUT2D eigenvalue weighted by Gasteiger charge is 2.19. The van der Waals surface area contributed by atoms with Crippen molar-refractivity contribution in [1.29, 1.82) is 0 Å². The SMILES string of the molecule is Oc1cc2c(c(Cl)c1O)CCCN(Br)C2. The number of hydrogen-bond acceptors (Lipinski definition) is 3. The summed E-state index contributed by atoms with van der Waals surface area (Å²) in [6.07, 6.45) is 1.80. The van der Waals surface area contributed by atoms with Crippen LogP contribution in [0.15, 0.2) is 6.07 Å². The van der Waals surface area contributed by atoms with E-state index in [2.05, 4.69) is 16.1 Å². The van der Waals surface area contributed by atoms with E-state index in [9.17, 15) is 10.2 Å². The number of nitrogens with zero attached hydrogens (tertiary/aromatic N) is 1. The summed E-state index contributed by atoms with van der Waals surface area (Å²) in [5.41, 5.74) is 1.90. The van der Waals surface area contributed by atoms with Crippen molar-refractivity contribution in [2.75, 3.05) is 6.54 Å². The second kappa shape index (κ2) is 4.20. The monoisotopic (exact) mass is 291 g/mol. The summed E-state index contributed by atoms with van der Waals surface area (Å²) in [4.78, 5) is 0. The minimum Gasteiger partial charge on any atom is -0.504 e. The van der Waals surface area contributed by atoms with E-state index in [4.69, 9.17) is 11.6 Å². The van der Waals surface area contributed by atoms with E-state index in [-0.39, 0.29) is 16.5 Å². The highest BCUT2D eigenvalue weighted by molar-refractivity contribution is 9.07. The van der Waals surface area contributed by atoms with Crippen LogP contribution in [0.25, 0.3) is 0 Å². The first-order chi connectivity index (χ1) is 7.09. The Bertz CT molecular complexity index is 397. The molecule has 82 valence electrons. The van der Waals surface area contributed by atoms with E-state index in [1.54, 1.807) is 6.07 Å². The van der Waals surface area contributed by atoms with Gasteiger partial charge in [0.1, 0.15) is 0 Å². The summed E-state index contributed by atoms with van der Waals surface area (Å²) in [5.74, 6) is -0.361. The lowest BCUT2D eigenvalue weighted by Crippen LogP contribution is -2.09. The molecule has 0 radical (unpaired) electrons. The molecule has 15 heavy (non-hydrogen) atoms. The number of rotatable bonds is 0. The van der Waals surface area contributed by atoms with E-state index in [0.29, 0.717) is 6.54 Å². The Kier molecular flexibility index (Phi) is 3.09. The van der Waals surface area contributed by atoms with Crippen LogP contribution in [-0.2, 0) is 13.0 Å². The number of aromatic hydroxyl groups is 2. The van der Waals surface area contributed by atoms with E-state index in [1.165, 1.54) is 0 Å².